The topological polar surface area (TPSA) is 72.6 Å². The summed E-state index contributed by atoms with van der Waals surface area (Å²) >= 11 is 0. The van der Waals surface area contributed by atoms with Crippen molar-refractivity contribution in [3.63, 3.8) is 0 Å². The van der Waals surface area contributed by atoms with E-state index >= 15 is 0 Å². The van der Waals surface area contributed by atoms with E-state index in [0.717, 1.165) is 11.6 Å². The zero-order chi connectivity index (χ0) is 19.8. The second kappa shape index (κ2) is 7.02. The lowest BCUT2D eigenvalue weighted by atomic mass is 9.92. The smallest absolute Gasteiger partial charge is 0.248 e. The molecule has 5 nitrogen and oxygen atoms in total. The molecule has 27 heavy (non-hydrogen) atoms. The fourth-order valence-corrected chi connectivity index (χ4v) is 3.17. The van der Waals surface area contributed by atoms with Crippen molar-refractivity contribution in [3.8, 4) is 5.75 Å². The number of nitrogens with zero attached hydrogens (tertiary/aromatic N) is 1. The van der Waals surface area contributed by atoms with Gasteiger partial charge in [-0.15, -0.1) is 0 Å². The lowest BCUT2D eigenvalue weighted by molar-refractivity contribution is -0.143. The van der Waals surface area contributed by atoms with Crippen LogP contribution in [-0.2, 0) is 11.3 Å². The standard InChI is InChI=1S/C21H23FN2O3/c1-21(2,3)20(26)24-11-15-16(22)9-14(19(23)25)10-18(15)27-12-17(24)13-7-5-4-6-8-13/h4-10,17H,11-12H2,1-3H3,(H2,23,25). The van der Waals surface area contributed by atoms with Crippen LogP contribution in [-0.4, -0.2) is 23.3 Å². The summed E-state index contributed by atoms with van der Waals surface area (Å²) in [7, 11) is 0. The number of carbonyl (C=O) groups excluding carboxylic acids is 2. The van der Waals surface area contributed by atoms with Crippen LogP contribution in [0.2, 0.25) is 0 Å². The average Bonchev–Trinajstić information content (AvgIpc) is 2.81. The van der Waals surface area contributed by atoms with Crippen LogP contribution in [0.3, 0.4) is 0 Å². The maximum absolute atomic E-state index is 14.7. The van der Waals surface area contributed by atoms with Gasteiger partial charge < -0.3 is 15.4 Å². The van der Waals surface area contributed by atoms with E-state index < -0.39 is 17.1 Å². The van der Waals surface area contributed by atoms with Crippen LogP contribution in [0.1, 0.15) is 48.3 Å². The van der Waals surface area contributed by atoms with Crippen LogP contribution >= 0.6 is 0 Å². The lowest BCUT2D eigenvalue weighted by Crippen LogP contribution is -2.42. The van der Waals surface area contributed by atoms with Crippen molar-refractivity contribution < 1.29 is 18.7 Å². The normalized spacial score (nSPS) is 16.9. The molecule has 6 heteroatoms. The van der Waals surface area contributed by atoms with E-state index in [1.165, 1.54) is 6.07 Å². The second-order valence-electron chi connectivity index (χ2n) is 7.72. The number of halogens is 1. The highest BCUT2D eigenvalue weighted by atomic mass is 19.1. The molecule has 0 aliphatic carbocycles. The maximum atomic E-state index is 14.7. The van der Waals surface area contributed by atoms with Crippen molar-refractivity contribution in [2.24, 2.45) is 11.1 Å². The summed E-state index contributed by atoms with van der Waals surface area (Å²) in [6.45, 7) is 5.69. The summed E-state index contributed by atoms with van der Waals surface area (Å²) in [6, 6.07) is 11.7. The van der Waals surface area contributed by atoms with Crippen LogP contribution in [0.4, 0.5) is 4.39 Å². The number of benzene rings is 2. The molecule has 0 spiro atoms. The first-order valence-corrected chi connectivity index (χ1v) is 8.79. The number of ether oxygens (including phenoxy) is 1. The summed E-state index contributed by atoms with van der Waals surface area (Å²) in [5.41, 5.74) is 5.83. The Balaban J connectivity index is 2.09. The first-order chi connectivity index (χ1) is 12.7. The molecular weight excluding hydrogens is 347 g/mol. The van der Waals surface area contributed by atoms with Gasteiger partial charge in [0, 0.05) is 16.5 Å². The van der Waals surface area contributed by atoms with E-state index in [4.69, 9.17) is 10.5 Å². The van der Waals surface area contributed by atoms with E-state index in [0.29, 0.717) is 0 Å². The maximum Gasteiger partial charge on any atom is 0.248 e. The molecular formula is C21H23FN2O3. The van der Waals surface area contributed by atoms with Crippen molar-refractivity contribution in [3.05, 3.63) is 65.0 Å². The molecule has 1 atom stereocenters. The summed E-state index contributed by atoms with van der Waals surface area (Å²) < 4.78 is 20.5. The first kappa shape index (κ1) is 18.9. The van der Waals surface area contributed by atoms with Crippen molar-refractivity contribution >= 4 is 11.8 Å². The highest BCUT2D eigenvalue weighted by Gasteiger charge is 2.36. The fourth-order valence-electron chi connectivity index (χ4n) is 3.17. The predicted octanol–water partition coefficient (Wildman–Crippen LogP) is 3.43. The minimum Gasteiger partial charge on any atom is -0.491 e. The van der Waals surface area contributed by atoms with E-state index in [1.54, 1.807) is 4.90 Å². The monoisotopic (exact) mass is 370 g/mol. The Hall–Kier alpha value is -2.89. The number of primary amides is 1. The van der Waals surface area contributed by atoms with Gasteiger partial charge in [-0.2, -0.15) is 0 Å². The molecule has 0 fully saturated rings. The minimum atomic E-state index is -0.730. The Bertz CT molecular complexity index is 875. The number of fused-ring (bicyclic) bond motifs is 1. The Labute approximate surface area is 157 Å². The van der Waals surface area contributed by atoms with E-state index in [9.17, 15) is 14.0 Å². The molecule has 0 saturated heterocycles. The van der Waals surface area contributed by atoms with Gasteiger partial charge in [0.1, 0.15) is 18.2 Å². The predicted molar refractivity (Wildman–Crippen MR) is 99.6 cm³/mol. The van der Waals surface area contributed by atoms with Gasteiger partial charge in [-0.25, -0.2) is 4.39 Å². The average molecular weight is 370 g/mol. The Morgan fingerprint density at radius 1 is 1.19 bits per heavy atom. The molecule has 0 radical (unpaired) electrons. The molecule has 1 heterocycles. The zero-order valence-corrected chi connectivity index (χ0v) is 15.7. The summed E-state index contributed by atoms with van der Waals surface area (Å²) in [6.07, 6.45) is 0. The van der Waals surface area contributed by atoms with Crippen LogP contribution < -0.4 is 10.5 Å². The number of hydrogen-bond acceptors (Lipinski definition) is 3. The molecule has 1 aliphatic rings. The third-order valence-electron chi connectivity index (χ3n) is 4.63. The molecule has 2 amide bonds. The quantitative estimate of drug-likeness (QED) is 0.880. The summed E-state index contributed by atoms with van der Waals surface area (Å²) in [5, 5.41) is 0. The van der Waals surface area contributed by atoms with Gasteiger partial charge in [0.15, 0.2) is 0 Å². The van der Waals surface area contributed by atoms with Crippen LogP contribution in [0.5, 0.6) is 5.75 Å². The SMILES string of the molecule is CC(C)(C)C(=O)N1Cc2c(F)cc(C(N)=O)cc2OCC1c1ccccc1. The van der Waals surface area contributed by atoms with Gasteiger partial charge in [-0.1, -0.05) is 51.1 Å². The summed E-state index contributed by atoms with van der Waals surface area (Å²) in [5.74, 6) is -1.20. The molecule has 2 N–H and O–H groups in total. The number of rotatable bonds is 2. The van der Waals surface area contributed by atoms with Gasteiger partial charge in [0.2, 0.25) is 11.8 Å². The minimum absolute atomic E-state index is 0.0399. The highest BCUT2D eigenvalue weighted by molar-refractivity contribution is 5.93. The Morgan fingerprint density at radius 2 is 1.85 bits per heavy atom. The zero-order valence-electron chi connectivity index (χ0n) is 15.7. The third-order valence-corrected chi connectivity index (χ3v) is 4.63. The first-order valence-electron chi connectivity index (χ1n) is 8.79. The molecule has 1 aliphatic heterocycles. The molecule has 3 rings (SSSR count). The van der Waals surface area contributed by atoms with Crippen molar-refractivity contribution in [1.82, 2.24) is 4.90 Å². The van der Waals surface area contributed by atoms with Gasteiger partial charge in [-0.05, 0) is 17.7 Å². The van der Waals surface area contributed by atoms with Crippen LogP contribution in [0.15, 0.2) is 42.5 Å². The van der Waals surface area contributed by atoms with Gasteiger partial charge in [-0.3, -0.25) is 9.59 Å². The Kier molecular flexibility index (Phi) is 4.91. The molecule has 0 bridgehead atoms. The molecule has 0 saturated carbocycles. The van der Waals surface area contributed by atoms with E-state index in [2.05, 4.69) is 0 Å². The highest BCUT2D eigenvalue weighted by Crippen LogP contribution is 2.36. The summed E-state index contributed by atoms with van der Waals surface area (Å²) in [4.78, 5) is 26.2. The van der Waals surface area contributed by atoms with Crippen molar-refractivity contribution in [2.75, 3.05) is 6.61 Å². The van der Waals surface area contributed by atoms with Gasteiger partial charge in [0.25, 0.3) is 0 Å². The number of carbonyl (C=O) groups is 2. The number of hydrogen-bond donors (Lipinski definition) is 1. The molecule has 2 aromatic rings. The lowest BCUT2D eigenvalue weighted by Gasteiger charge is -2.34. The van der Waals surface area contributed by atoms with Gasteiger partial charge >= 0.3 is 0 Å². The molecule has 142 valence electrons. The van der Waals surface area contributed by atoms with Crippen molar-refractivity contribution in [2.45, 2.75) is 33.4 Å². The molecule has 2 aromatic carbocycles. The second-order valence-corrected chi connectivity index (χ2v) is 7.72. The fraction of sp³-hybridized carbons (Fsp3) is 0.333. The van der Waals surface area contributed by atoms with Crippen molar-refractivity contribution in [1.29, 1.82) is 0 Å². The molecule has 0 aromatic heterocycles. The molecule has 1 unspecified atom stereocenters. The van der Waals surface area contributed by atoms with E-state index in [1.807, 2.05) is 51.1 Å². The van der Waals surface area contributed by atoms with Crippen LogP contribution in [0, 0.1) is 11.2 Å². The van der Waals surface area contributed by atoms with Crippen LogP contribution in [0.25, 0.3) is 0 Å². The third kappa shape index (κ3) is 3.79. The van der Waals surface area contributed by atoms with Gasteiger partial charge in [0.05, 0.1) is 12.6 Å². The Morgan fingerprint density at radius 3 is 2.44 bits per heavy atom. The number of amides is 2. The number of nitrogens with two attached hydrogens (primary N) is 1. The van der Waals surface area contributed by atoms with E-state index in [-0.39, 0.29) is 42.0 Å². The largest absolute Gasteiger partial charge is 0.491 e.